The number of sulfonamides is 1. The van der Waals surface area contributed by atoms with Crippen LogP contribution in [0.2, 0.25) is 0 Å². The summed E-state index contributed by atoms with van der Waals surface area (Å²) in [5.74, 6) is 1.90. The van der Waals surface area contributed by atoms with Gasteiger partial charge in [0.2, 0.25) is 21.9 Å². The molecular weight excluding hydrogens is 598 g/mol. The molecule has 1 aliphatic carbocycles. The number of aromatic nitrogens is 4. The molecule has 3 aliphatic heterocycles. The van der Waals surface area contributed by atoms with Crippen molar-refractivity contribution in [2.24, 2.45) is 0 Å². The van der Waals surface area contributed by atoms with Gasteiger partial charge in [0.15, 0.2) is 0 Å². The number of pyridine rings is 2. The van der Waals surface area contributed by atoms with Gasteiger partial charge in [-0.3, -0.25) is 14.6 Å². The number of hydrogen-bond acceptors (Lipinski definition) is 13. The van der Waals surface area contributed by atoms with E-state index in [9.17, 15) is 8.42 Å². The highest BCUT2D eigenvalue weighted by molar-refractivity contribution is 7.92. The Balaban J connectivity index is 0.974. The summed E-state index contributed by atoms with van der Waals surface area (Å²) < 4.78 is 43.7. The monoisotopic (exact) mass is 639 g/mol. The number of piperazine rings is 1. The van der Waals surface area contributed by atoms with Crippen LogP contribution in [0.1, 0.15) is 25.7 Å². The zero-order valence-electron chi connectivity index (χ0n) is 25.6. The minimum atomic E-state index is -3.45. The number of rotatable bonds is 9. The van der Waals surface area contributed by atoms with Gasteiger partial charge in [0, 0.05) is 51.4 Å². The van der Waals surface area contributed by atoms with Gasteiger partial charge in [-0.05, 0) is 31.7 Å². The molecule has 0 spiro atoms. The van der Waals surface area contributed by atoms with Crippen LogP contribution in [-0.4, -0.2) is 123 Å². The summed E-state index contributed by atoms with van der Waals surface area (Å²) in [5.41, 5.74) is 2.14. The summed E-state index contributed by atoms with van der Waals surface area (Å²) in [7, 11) is -3.45. The Hall–Kier alpha value is -3.53. The molecule has 0 atom stereocenters. The normalized spacial score (nSPS) is 23.5. The number of morpholine rings is 1. The van der Waals surface area contributed by atoms with Crippen molar-refractivity contribution in [3.05, 3.63) is 30.7 Å². The van der Waals surface area contributed by atoms with Gasteiger partial charge in [-0.15, -0.1) is 0 Å². The van der Waals surface area contributed by atoms with E-state index in [4.69, 9.17) is 19.2 Å². The van der Waals surface area contributed by atoms with E-state index in [2.05, 4.69) is 39.7 Å². The Morgan fingerprint density at radius 3 is 2.27 bits per heavy atom. The average Bonchev–Trinajstić information content (AvgIpc) is 3.02. The molecule has 15 heteroatoms. The van der Waals surface area contributed by atoms with Crippen LogP contribution in [0.4, 0.5) is 23.1 Å². The predicted octanol–water partition coefficient (Wildman–Crippen LogP) is 1.95. The molecule has 0 unspecified atom stereocenters. The molecule has 14 nitrogen and oxygen atoms in total. The molecule has 7 rings (SSSR count). The quantitative estimate of drug-likeness (QED) is 0.352. The third-order valence-electron chi connectivity index (χ3n) is 9.01. The first-order chi connectivity index (χ1) is 21.9. The topological polar surface area (TPSA) is 147 Å². The number of nitrogens with zero attached hydrogens (tertiary/aromatic N) is 7. The number of anilines is 4. The minimum absolute atomic E-state index is 0.0290. The van der Waals surface area contributed by atoms with E-state index < -0.39 is 10.0 Å². The predicted molar refractivity (Wildman–Crippen MR) is 172 cm³/mol. The van der Waals surface area contributed by atoms with Gasteiger partial charge >= 0.3 is 0 Å². The lowest BCUT2D eigenvalue weighted by Crippen LogP contribution is -2.56. The molecule has 0 amide bonds. The molecule has 45 heavy (non-hydrogen) atoms. The number of ether oxygens (including phenoxy) is 3. The standard InChI is InChI=1S/C30H41N9O5S/c1-45(40,41)36-22-14-26-27(31-16-22)15-28(39-10-12-42-13-11-39)35-29(26)44-25-4-2-21(3-5-25)34-30-32-17-23(18-33-30)37-6-8-38(9-7-37)24-19-43-20-24/h14-18,21,24-25,36H,2-13,19-20H2,1H3,(H,32,33,34). The zero-order chi connectivity index (χ0) is 30.8. The van der Waals surface area contributed by atoms with Crippen molar-refractivity contribution in [3.8, 4) is 5.88 Å². The summed E-state index contributed by atoms with van der Waals surface area (Å²) in [5, 5.41) is 4.19. The highest BCUT2D eigenvalue weighted by atomic mass is 32.2. The summed E-state index contributed by atoms with van der Waals surface area (Å²) in [6.45, 7) is 8.48. The summed E-state index contributed by atoms with van der Waals surface area (Å²) in [6.07, 6.45) is 9.95. The maximum atomic E-state index is 11.9. The summed E-state index contributed by atoms with van der Waals surface area (Å²) in [6, 6.07) is 4.50. The van der Waals surface area contributed by atoms with Crippen LogP contribution in [0.25, 0.3) is 10.9 Å². The Labute approximate surface area is 263 Å². The molecule has 0 aromatic carbocycles. The molecule has 4 aliphatic rings. The molecule has 3 saturated heterocycles. The molecule has 6 heterocycles. The van der Waals surface area contributed by atoms with Crippen LogP contribution in [0, 0.1) is 0 Å². The Morgan fingerprint density at radius 1 is 0.867 bits per heavy atom. The Morgan fingerprint density at radius 2 is 1.60 bits per heavy atom. The number of nitrogens with one attached hydrogen (secondary N) is 2. The van der Waals surface area contributed by atoms with E-state index >= 15 is 0 Å². The third kappa shape index (κ3) is 7.32. The highest BCUT2D eigenvalue weighted by Gasteiger charge is 2.29. The van der Waals surface area contributed by atoms with E-state index in [1.54, 1.807) is 6.07 Å². The first-order valence-corrected chi connectivity index (χ1v) is 17.7. The van der Waals surface area contributed by atoms with Crippen LogP contribution in [0.3, 0.4) is 0 Å². The second-order valence-corrected chi connectivity index (χ2v) is 14.0. The van der Waals surface area contributed by atoms with Crippen LogP contribution < -0.4 is 24.6 Å². The van der Waals surface area contributed by atoms with Crippen LogP contribution >= 0.6 is 0 Å². The maximum Gasteiger partial charge on any atom is 0.229 e. The number of fused-ring (bicyclic) bond motifs is 1. The molecule has 4 fully saturated rings. The molecule has 0 radical (unpaired) electrons. The van der Waals surface area contributed by atoms with Crippen molar-refractivity contribution < 1.29 is 22.6 Å². The molecule has 0 bridgehead atoms. The first-order valence-electron chi connectivity index (χ1n) is 15.8. The second-order valence-electron chi connectivity index (χ2n) is 12.3. The largest absolute Gasteiger partial charge is 0.474 e. The van der Waals surface area contributed by atoms with E-state index in [-0.39, 0.29) is 12.1 Å². The molecular formula is C30H41N9O5S. The van der Waals surface area contributed by atoms with Crippen LogP contribution in [0.5, 0.6) is 5.88 Å². The summed E-state index contributed by atoms with van der Waals surface area (Å²) in [4.78, 5) is 25.7. The Bertz CT molecular complexity index is 1570. The maximum absolute atomic E-state index is 11.9. The third-order valence-corrected chi connectivity index (χ3v) is 9.62. The van der Waals surface area contributed by atoms with Crippen LogP contribution in [-0.2, 0) is 19.5 Å². The van der Waals surface area contributed by atoms with Crippen LogP contribution in [0.15, 0.2) is 30.7 Å². The fourth-order valence-corrected chi connectivity index (χ4v) is 6.94. The molecule has 1 saturated carbocycles. The molecule has 242 valence electrons. The lowest BCUT2D eigenvalue weighted by molar-refractivity contribution is -0.0660. The molecule has 3 aromatic heterocycles. The van der Waals surface area contributed by atoms with Crippen molar-refractivity contribution >= 4 is 44.1 Å². The average molecular weight is 640 g/mol. The van der Waals surface area contributed by atoms with Gasteiger partial charge in [-0.1, -0.05) is 0 Å². The van der Waals surface area contributed by atoms with Gasteiger partial charge in [0.05, 0.1) is 79.6 Å². The highest BCUT2D eigenvalue weighted by Crippen LogP contribution is 2.33. The lowest BCUT2D eigenvalue weighted by atomic mass is 9.93. The van der Waals surface area contributed by atoms with E-state index in [0.717, 1.165) is 95.9 Å². The smallest absolute Gasteiger partial charge is 0.229 e. The lowest BCUT2D eigenvalue weighted by Gasteiger charge is -2.43. The minimum Gasteiger partial charge on any atom is -0.474 e. The van der Waals surface area contributed by atoms with Crippen molar-refractivity contribution in [1.29, 1.82) is 0 Å². The first kappa shape index (κ1) is 30.1. The molecule has 2 N–H and O–H groups in total. The van der Waals surface area contributed by atoms with Crippen molar-refractivity contribution in [1.82, 2.24) is 24.8 Å². The van der Waals surface area contributed by atoms with E-state index in [1.165, 1.54) is 6.20 Å². The fourth-order valence-electron chi connectivity index (χ4n) is 6.40. The SMILES string of the molecule is CS(=O)(=O)Nc1cnc2cc(N3CCOCC3)nc(OC3CCC(Nc4ncc(N5CCN(C6COC6)CC5)cn4)CC3)c2c1. The Kier molecular flexibility index (Phi) is 8.75. The summed E-state index contributed by atoms with van der Waals surface area (Å²) >= 11 is 0. The van der Waals surface area contributed by atoms with E-state index in [1.807, 2.05) is 18.5 Å². The second kappa shape index (κ2) is 13.1. The fraction of sp³-hybridized carbons (Fsp3) is 0.600. The van der Waals surface area contributed by atoms with Gasteiger partial charge in [-0.2, -0.15) is 4.98 Å². The van der Waals surface area contributed by atoms with Gasteiger partial charge < -0.3 is 29.3 Å². The van der Waals surface area contributed by atoms with Crippen molar-refractivity contribution in [2.75, 3.05) is 91.8 Å². The van der Waals surface area contributed by atoms with Crippen molar-refractivity contribution in [2.45, 2.75) is 43.9 Å². The van der Waals surface area contributed by atoms with Crippen molar-refractivity contribution in [3.63, 3.8) is 0 Å². The van der Waals surface area contributed by atoms with Gasteiger partial charge in [0.1, 0.15) is 11.9 Å². The van der Waals surface area contributed by atoms with Gasteiger partial charge in [0.25, 0.3) is 0 Å². The number of hydrogen-bond donors (Lipinski definition) is 2. The molecule has 3 aromatic rings. The zero-order valence-corrected chi connectivity index (χ0v) is 26.4. The van der Waals surface area contributed by atoms with E-state index in [0.29, 0.717) is 47.7 Å². The van der Waals surface area contributed by atoms with Gasteiger partial charge in [-0.25, -0.2) is 18.4 Å².